The van der Waals surface area contributed by atoms with Crippen molar-refractivity contribution in [2.75, 3.05) is 39.8 Å². The lowest BCUT2D eigenvalue weighted by atomic mass is 9.95. The van der Waals surface area contributed by atoms with Crippen molar-refractivity contribution in [2.24, 2.45) is 0 Å². The Labute approximate surface area is 156 Å². The number of hydrogen-bond acceptors (Lipinski definition) is 3. The molecule has 1 heterocycles. The first kappa shape index (κ1) is 19.3. The van der Waals surface area contributed by atoms with Gasteiger partial charge in [-0.3, -0.25) is 4.79 Å². The normalized spacial score (nSPS) is 20.5. The van der Waals surface area contributed by atoms with Gasteiger partial charge in [0.2, 0.25) is 15.9 Å². The van der Waals surface area contributed by atoms with E-state index in [4.69, 9.17) is 0 Å². The molecule has 1 aromatic rings. The molecule has 1 amide bonds. The lowest BCUT2D eigenvalue weighted by Gasteiger charge is -2.36. The molecule has 3 rings (SSSR count). The molecule has 1 saturated carbocycles. The van der Waals surface area contributed by atoms with Crippen LogP contribution >= 0.6 is 0 Å². The standard InChI is InChI=1S/C19H29N3O3S/c1-20-12-14-21(15-13-20)19(23)16-22(17-8-4-2-5-9-17)26(24,25)18-10-6-3-7-11-18/h3,6-7,10-11,17H,2,4-5,8-9,12-16H2,1H3/p+1. The molecule has 2 fully saturated rings. The quantitative estimate of drug-likeness (QED) is 0.803. The Hall–Kier alpha value is -1.44. The van der Waals surface area contributed by atoms with Gasteiger partial charge in [0.1, 0.15) is 0 Å². The minimum absolute atomic E-state index is 0.0407. The van der Waals surface area contributed by atoms with Crippen molar-refractivity contribution in [3.05, 3.63) is 30.3 Å². The molecule has 7 heteroatoms. The van der Waals surface area contributed by atoms with Gasteiger partial charge in [-0.15, -0.1) is 0 Å². The summed E-state index contributed by atoms with van der Waals surface area (Å²) in [6.07, 6.45) is 4.87. The summed E-state index contributed by atoms with van der Waals surface area (Å²) in [5, 5.41) is 0. The summed E-state index contributed by atoms with van der Waals surface area (Å²) >= 11 is 0. The highest BCUT2D eigenvalue weighted by Crippen LogP contribution is 2.27. The number of nitrogens with zero attached hydrogens (tertiary/aromatic N) is 2. The predicted molar refractivity (Wildman–Crippen MR) is 100 cm³/mol. The highest BCUT2D eigenvalue weighted by molar-refractivity contribution is 7.89. The van der Waals surface area contributed by atoms with Crippen LogP contribution in [-0.4, -0.2) is 69.3 Å². The molecule has 1 aliphatic heterocycles. The van der Waals surface area contributed by atoms with Gasteiger partial charge in [0.25, 0.3) is 0 Å². The lowest BCUT2D eigenvalue weighted by Crippen LogP contribution is -3.12. The van der Waals surface area contributed by atoms with Crippen molar-refractivity contribution in [1.29, 1.82) is 0 Å². The van der Waals surface area contributed by atoms with Crippen LogP contribution < -0.4 is 4.90 Å². The van der Waals surface area contributed by atoms with Gasteiger partial charge in [0, 0.05) is 6.04 Å². The molecule has 0 bridgehead atoms. The number of sulfonamides is 1. The minimum atomic E-state index is -3.66. The fraction of sp³-hybridized carbons (Fsp3) is 0.632. The second-order valence-electron chi connectivity index (χ2n) is 7.49. The van der Waals surface area contributed by atoms with Crippen LogP contribution in [0.25, 0.3) is 0 Å². The first-order valence-electron chi connectivity index (χ1n) is 9.64. The fourth-order valence-electron chi connectivity index (χ4n) is 3.88. The topological polar surface area (TPSA) is 62.1 Å². The van der Waals surface area contributed by atoms with E-state index in [2.05, 4.69) is 7.05 Å². The van der Waals surface area contributed by atoms with Crippen LogP contribution in [0.3, 0.4) is 0 Å². The maximum atomic E-state index is 13.3. The Balaban J connectivity index is 1.80. The van der Waals surface area contributed by atoms with Crippen molar-refractivity contribution >= 4 is 15.9 Å². The average Bonchev–Trinajstić information content (AvgIpc) is 2.67. The Morgan fingerprint density at radius 1 is 1.12 bits per heavy atom. The van der Waals surface area contributed by atoms with Gasteiger partial charge in [-0.2, -0.15) is 4.31 Å². The number of benzene rings is 1. The van der Waals surface area contributed by atoms with Crippen LogP contribution in [0.2, 0.25) is 0 Å². The molecular weight excluding hydrogens is 350 g/mol. The Morgan fingerprint density at radius 3 is 2.35 bits per heavy atom. The molecule has 2 aliphatic rings. The Bertz CT molecular complexity index is 694. The van der Waals surface area contributed by atoms with E-state index in [1.165, 1.54) is 9.21 Å². The van der Waals surface area contributed by atoms with E-state index < -0.39 is 10.0 Å². The molecule has 6 nitrogen and oxygen atoms in total. The van der Waals surface area contributed by atoms with E-state index in [1.54, 1.807) is 24.3 Å². The number of carbonyl (C=O) groups excluding carboxylic acids is 1. The average molecular weight is 381 g/mol. The highest BCUT2D eigenvalue weighted by Gasteiger charge is 2.35. The molecule has 0 aromatic heterocycles. The number of nitrogens with one attached hydrogen (secondary N) is 1. The molecule has 0 unspecified atom stereocenters. The van der Waals surface area contributed by atoms with Crippen LogP contribution in [0.4, 0.5) is 0 Å². The Kier molecular flexibility index (Phi) is 6.32. The van der Waals surface area contributed by atoms with Crippen LogP contribution in [-0.2, 0) is 14.8 Å². The predicted octanol–water partition coefficient (Wildman–Crippen LogP) is 0.367. The number of amides is 1. The molecular formula is C19H30N3O3S+. The minimum Gasteiger partial charge on any atom is -0.334 e. The molecule has 0 spiro atoms. The third kappa shape index (κ3) is 4.45. The van der Waals surface area contributed by atoms with E-state index in [-0.39, 0.29) is 23.4 Å². The largest absolute Gasteiger partial charge is 0.334 e. The van der Waals surface area contributed by atoms with Gasteiger partial charge in [0.15, 0.2) is 0 Å². The van der Waals surface area contributed by atoms with Crippen LogP contribution in [0.15, 0.2) is 35.2 Å². The fourth-order valence-corrected chi connectivity index (χ4v) is 5.53. The number of quaternary nitrogens is 1. The van der Waals surface area contributed by atoms with Crippen LogP contribution in [0.1, 0.15) is 32.1 Å². The van der Waals surface area contributed by atoms with Gasteiger partial charge in [-0.05, 0) is 25.0 Å². The third-order valence-electron chi connectivity index (χ3n) is 5.59. The lowest BCUT2D eigenvalue weighted by molar-refractivity contribution is -0.883. The third-order valence-corrected chi connectivity index (χ3v) is 7.51. The number of piperazine rings is 1. The van der Waals surface area contributed by atoms with Crippen LogP contribution in [0, 0.1) is 0 Å². The summed E-state index contributed by atoms with van der Waals surface area (Å²) in [6.45, 7) is 3.20. The van der Waals surface area contributed by atoms with Crippen molar-refractivity contribution in [2.45, 2.75) is 43.0 Å². The van der Waals surface area contributed by atoms with Gasteiger partial charge in [-0.25, -0.2) is 8.42 Å². The van der Waals surface area contributed by atoms with Crippen molar-refractivity contribution in [3.63, 3.8) is 0 Å². The second-order valence-corrected chi connectivity index (χ2v) is 9.38. The van der Waals surface area contributed by atoms with Gasteiger partial charge in [0.05, 0.1) is 44.7 Å². The number of rotatable bonds is 5. The summed E-state index contributed by atoms with van der Waals surface area (Å²) in [7, 11) is -1.54. The van der Waals surface area contributed by atoms with Crippen molar-refractivity contribution < 1.29 is 18.1 Å². The number of hydrogen-bond donors (Lipinski definition) is 1. The monoisotopic (exact) mass is 380 g/mol. The van der Waals surface area contributed by atoms with Crippen molar-refractivity contribution in [1.82, 2.24) is 9.21 Å². The maximum Gasteiger partial charge on any atom is 0.243 e. The number of carbonyl (C=O) groups is 1. The van der Waals surface area contributed by atoms with E-state index >= 15 is 0 Å². The van der Waals surface area contributed by atoms with Gasteiger partial charge >= 0.3 is 0 Å². The summed E-state index contributed by atoms with van der Waals surface area (Å²) < 4.78 is 28.0. The zero-order valence-electron chi connectivity index (χ0n) is 15.6. The highest BCUT2D eigenvalue weighted by atomic mass is 32.2. The van der Waals surface area contributed by atoms with Gasteiger partial charge in [-0.1, -0.05) is 37.5 Å². The molecule has 26 heavy (non-hydrogen) atoms. The summed E-state index contributed by atoms with van der Waals surface area (Å²) in [6, 6.07) is 8.44. The van der Waals surface area contributed by atoms with Gasteiger partial charge < -0.3 is 9.80 Å². The van der Waals surface area contributed by atoms with E-state index in [9.17, 15) is 13.2 Å². The summed E-state index contributed by atoms with van der Waals surface area (Å²) in [5.74, 6) is -0.0671. The summed E-state index contributed by atoms with van der Waals surface area (Å²) in [5.41, 5.74) is 0. The van der Waals surface area contributed by atoms with E-state index in [1.807, 2.05) is 11.0 Å². The SMILES string of the molecule is C[NH+]1CCN(C(=O)CN(C2CCCCC2)S(=O)(=O)c2ccccc2)CC1. The van der Waals surface area contributed by atoms with Crippen LogP contribution in [0.5, 0.6) is 0 Å². The molecule has 1 aromatic carbocycles. The molecule has 144 valence electrons. The first-order chi connectivity index (χ1) is 12.5. The number of likely N-dealkylation sites (N-methyl/N-ethyl adjacent to an activating group) is 1. The zero-order valence-corrected chi connectivity index (χ0v) is 16.4. The summed E-state index contributed by atoms with van der Waals surface area (Å²) in [4.78, 5) is 16.4. The molecule has 1 N–H and O–H groups in total. The van der Waals surface area contributed by atoms with E-state index in [0.717, 1.165) is 45.2 Å². The Morgan fingerprint density at radius 2 is 1.73 bits per heavy atom. The van der Waals surface area contributed by atoms with E-state index in [0.29, 0.717) is 13.1 Å². The molecule has 1 saturated heterocycles. The molecule has 0 atom stereocenters. The molecule has 0 radical (unpaired) electrons. The first-order valence-corrected chi connectivity index (χ1v) is 11.1. The maximum absolute atomic E-state index is 13.3. The zero-order chi connectivity index (χ0) is 18.6. The van der Waals surface area contributed by atoms with Crippen molar-refractivity contribution in [3.8, 4) is 0 Å². The molecule has 1 aliphatic carbocycles. The smallest absolute Gasteiger partial charge is 0.243 e. The second kappa shape index (κ2) is 8.50.